The Balaban J connectivity index is 1.92. The summed E-state index contributed by atoms with van der Waals surface area (Å²) in [5, 5.41) is 8.83. The van der Waals surface area contributed by atoms with Gasteiger partial charge in [0.05, 0.1) is 18.4 Å². The zero-order chi connectivity index (χ0) is 11.3. The first-order chi connectivity index (χ1) is 7.64. The number of benzene rings is 1. The molecule has 86 valence electrons. The molecular formula is C11H10F2O3. The first kappa shape index (κ1) is 9.84. The summed E-state index contributed by atoms with van der Waals surface area (Å²) in [6.45, 7) is -0.366. The Labute approximate surface area is 90.6 Å². The van der Waals surface area contributed by atoms with Crippen molar-refractivity contribution >= 4 is 0 Å². The van der Waals surface area contributed by atoms with Crippen LogP contribution in [-0.4, -0.2) is 24.4 Å². The van der Waals surface area contributed by atoms with Crippen molar-refractivity contribution in [2.45, 2.75) is 11.8 Å². The van der Waals surface area contributed by atoms with Crippen LogP contribution in [0.15, 0.2) is 18.2 Å². The van der Waals surface area contributed by atoms with Gasteiger partial charge in [0, 0.05) is 0 Å². The van der Waals surface area contributed by atoms with Crippen LogP contribution in [0, 0.1) is 5.92 Å². The summed E-state index contributed by atoms with van der Waals surface area (Å²) in [6.07, 6.45) is 0. The second-order valence-electron chi connectivity index (χ2n) is 4.05. The SMILES string of the molecule is OC[C@@H]1[C@@H](c2ccc3c(c2)OCO3)C1(F)F. The van der Waals surface area contributed by atoms with E-state index >= 15 is 0 Å². The molecule has 1 saturated carbocycles. The molecule has 1 aliphatic heterocycles. The van der Waals surface area contributed by atoms with Crippen molar-refractivity contribution in [2.24, 2.45) is 5.92 Å². The first-order valence-electron chi connectivity index (χ1n) is 5.03. The molecule has 3 nitrogen and oxygen atoms in total. The summed E-state index contributed by atoms with van der Waals surface area (Å²) in [5.74, 6) is -3.59. The third-order valence-corrected chi connectivity index (χ3v) is 3.15. The van der Waals surface area contributed by atoms with Gasteiger partial charge in [0.2, 0.25) is 6.79 Å². The van der Waals surface area contributed by atoms with Gasteiger partial charge in [-0.2, -0.15) is 0 Å². The standard InChI is InChI=1S/C11H10F2O3/c12-11(13)7(4-14)10(11)6-1-2-8-9(3-6)16-5-15-8/h1-3,7,10,14H,4-5H2/t7-,10-/m1/s1. The highest BCUT2D eigenvalue weighted by atomic mass is 19.3. The molecule has 0 amide bonds. The molecule has 1 aromatic rings. The Bertz CT molecular complexity index is 433. The van der Waals surface area contributed by atoms with Crippen molar-refractivity contribution in [3.63, 3.8) is 0 Å². The Hall–Kier alpha value is -1.36. The number of fused-ring (bicyclic) bond motifs is 1. The van der Waals surface area contributed by atoms with Gasteiger partial charge in [0.25, 0.3) is 5.92 Å². The van der Waals surface area contributed by atoms with Crippen molar-refractivity contribution in [2.75, 3.05) is 13.4 Å². The minimum absolute atomic E-state index is 0.128. The van der Waals surface area contributed by atoms with Crippen molar-refractivity contribution < 1.29 is 23.4 Å². The van der Waals surface area contributed by atoms with E-state index in [4.69, 9.17) is 14.6 Å². The summed E-state index contributed by atoms with van der Waals surface area (Å²) >= 11 is 0. The fraction of sp³-hybridized carbons (Fsp3) is 0.455. The van der Waals surface area contributed by atoms with Crippen molar-refractivity contribution in [1.82, 2.24) is 0 Å². The molecule has 0 bridgehead atoms. The highest BCUT2D eigenvalue weighted by molar-refractivity contribution is 5.47. The fourth-order valence-corrected chi connectivity index (χ4v) is 2.18. The fourth-order valence-electron chi connectivity index (χ4n) is 2.18. The molecule has 1 heterocycles. The quantitative estimate of drug-likeness (QED) is 0.838. The lowest BCUT2D eigenvalue weighted by Crippen LogP contribution is -1.97. The smallest absolute Gasteiger partial charge is 0.261 e. The molecular weight excluding hydrogens is 218 g/mol. The molecule has 0 radical (unpaired) electrons. The highest BCUT2D eigenvalue weighted by Gasteiger charge is 2.68. The van der Waals surface area contributed by atoms with Crippen LogP contribution in [0.2, 0.25) is 0 Å². The predicted molar refractivity (Wildman–Crippen MR) is 50.8 cm³/mol. The van der Waals surface area contributed by atoms with Crippen LogP contribution in [0.4, 0.5) is 8.78 Å². The maximum absolute atomic E-state index is 13.3. The maximum Gasteiger partial charge on any atom is 0.261 e. The van der Waals surface area contributed by atoms with E-state index in [2.05, 4.69) is 0 Å². The Morgan fingerprint density at radius 3 is 2.75 bits per heavy atom. The van der Waals surface area contributed by atoms with Gasteiger partial charge in [-0.15, -0.1) is 0 Å². The molecule has 0 unspecified atom stereocenters. The van der Waals surface area contributed by atoms with Crippen molar-refractivity contribution in [1.29, 1.82) is 0 Å². The number of hydrogen-bond acceptors (Lipinski definition) is 3. The minimum Gasteiger partial charge on any atom is -0.454 e. The highest BCUT2D eigenvalue weighted by Crippen LogP contribution is 2.61. The van der Waals surface area contributed by atoms with E-state index in [0.717, 1.165) is 0 Å². The lowest BCUT2D eigenvalue weighted by Gasteiger charge is -2.01. The summed E-state index contributed by atoms with van der Waals surface area (Å²) in [5.41, 5.74) is 0.494. The number of ether oxygens (including phenoxy) is 2. The van der Waals surface area contributed by atoms with Gasteiger partial charge in [0.1, 0.15) is 0 Å². The molecule has 1 aromatic carbocycles. The van der Waals surface area contributed by atoms with E-state index in [9.17, 15) is 8.78 Å². The van der Waals surface area contributed by atoms with E-state index < -0.39 is 24.4 Å². The summed E-state index contributed by atoms with van der Waals surface area (Å²) in [6, 6.07) is 4.79. The second-order valence-corrected chi connectivity index (χ2v) is 4.05. The van der Waals surface area contributed by atoms with E-state index in [0.29, 0.717) is 17.1 Å². The number of rotatable bonds is 2. The topological polar surface area (TPSA) is 38.7 Å². The lowest BCUT2D eigenvalue weighted by molar-refractivity contribution is 0.0785. The zero-order valence-electron chi connectivity index (χ0n) is 8.32. The monoisotopic (exact) mass is 228 g/mol. The van der Waals surface area contributed by atoms with Crippen LogP contribution in [0.5, 0.6) is 11.5 Å². The molecule has 3 rings (SSSR count). The lowest BCUT2D eigenvalue weighted by atomic mass is 10.1. The molecule has 1 fully saturated rings. The van der Waals surface area contributed by atoms with E-state index in [1.54, 1.807) is 18.2 Å². The van der Waals surface area contributed by atoms with Gasteiger partial charge in [-0.3, -0.25) is 0 Å². The molecule has 5 heteroatoms. The normalized spacial score (nSPS) is 29.2. The van der Waals surface area contributed by atoms with Crippen LogP contribution in [0.1, 0.15) is 11.5 Å². The van der Waals surface area contributed by atoms with Gasteiger partial charge in [-0.1, -0.05) is 6.07 Å². The van der Waals surface area contributed by atoms with Crippen LogP contribution < -0.4 is 9.47 Å². The van der Waals surface area contributed by atoms with Gasteiger partial charge in [-0.05, 0) is 17.7 Å². The molecule has 2 aliphatic rings. The van der Waals surface area contributed by atoms with E-state index in [1.807, 2.05) is 0 Å². The first-order valence-corrected chi connectivity index (χ1v) is 5.03. The number of halogens is 2. The summed E-state index contributed by atoms with van der Waals surface area (Å²) in [4.78, 5) is 0. The third kappa shape index (κ3) is 1.21. The van der Waals surface area contributed by atoms with E-state index in [-0.39, 0.29) is 6.79 Å². The number of hydrogen-bond donors (Lipinski definition) is 1. The second kappa shape index (κ2) is 3.07. The number of aliphatic hydroxyl groups is 1. The molecule has 1 N–H and O–H groups in total. The number of aliphatic hydroxyl groups excluding tert-OH is 1. The van der Waals surface area contributed by atoms with Crippen LogP contribution >= 0.6 is 0 Å². The minimum atomic E-state index is -2.80. The average molecular weight is 228 g/mol. The third-order valence-electron chi connectivity index (χ3n) is 3.15. The Kier molecular flexibility index (Phi) is 1.89. The maximum atomic E-state index is 13.3. The molecule has 2 atom stereocenters. The largest absolute Gasteiger partial charge is 0.454 e. The van der Waals surface area contributed by atoms with Crippen LogP contribution in [0.25, 0.3) is 0 Å². The molecule has 16 heavy (non-hydrogen) atoms. The van der Waals surface area contributed by atoms with Crippen LogP contribution in [-0.2, 0) is 0 Å². The Morgan fingerprint density at radius 2 is 2.06 bits per heavy atom. The van der Waals surface area contributed by atoms with Crippen LogP contribution in [0.3, 0.4) is 0 Å². The summed E-state index contributed by atoms with van der Waals surface area (Å²) in [7, 11) is 0. The van der Waals surface area contributed by atoms with Gasteiger partial charge in [0.15, 0.2) is 11.5 Å². The summed E-state index contributed by atoms with van der Waals surface area (Å²) < 4.78 is 36.8. The van der Waals surface area contributed by atoms with Crippen molar-refractivity contribution in [3.8, 4) is 11.5 Å². The van der Waals surface area contributed by atoms with E-state index in [1.165, 1.54) is 0 Å². The molecule has 0 saturated heterocycles. The van der Waals surface area contributed by atoms with Gasteiger partial charge < -0.3 is 14.6 Å². The Morgan fingerprint density at radius 1 is 1.31 bits per heavy atom. The molecule has 0 aromatic heterocycles. The van der Waals surface area contributed by atoms with Gasteiger partial charge in [-0.25, -0.2) is 8.78 Å². The molecule has 0 spiro atoms. The molecule has 1 aliphatic carbocycles. The average Bonchev–Trinajstić information content (AvgIpc) is 2.62. The predicted octanol–water partition coefficient (Wildman–Crippen LogP) is 1.76. The number of alkyl halides is 2. The van der Waals surface area contributed by atoms with Crippen molar-refractivity contribution in [3.05, 3.63) is 23.8 Å². The van der Waals surface area contributed by atoms with Gasteiger partial charge >= 0.3 is 0 Å². The zero-order valence-corrected chi connectivity index (χ0v) is 8.32.